The molecule has 1 aliphatic heterocycles. The van der Waals surface area contributed by atoms with Gasteiger partial charge in [0, 0.05) is 30.3 Å². The number of anilines is 1. The highest BCUT2D eigenvalue weighted by Crippen LogP contribution is 2.55. The summed E-state index contributed by atoms with van der Waals surface area (Å²) in [7, 11) is 0. The van der Waals surface area contributed by atoms with E-state index in [9.17, 15) is 14.9 Å². The molecule has 1 aromatic carbocycles. The molecule has 4 saturated carbocycles. The molecule has 5 fully saturated rings. The predicted octanol–water partition coefficient (Wildman–Crippen LogP) is 3.77. The van der Waals surface area contributed by atoms with Crippen molar-refractivity contribution < 1.29 is 9.72 Å². The monoisotopic (exact) mass is 428 g/mol. The lowest BCUT2D eigenvalue weighted by Gasteiger charge is -2.57. The van der Waals surface area contributed by atoms with Crippen LogP contribution < -0.4 is 15.5 Å². The van der Waals surface area contributed by atoms with Crippen LogP contribution in [-0.4, -0.2) is 34.6 Å². The van der Waals surface area contributed by atoms with Gasteiger partial charge >= 0.3 is 0 Å². The fourth-order valence-corrected chi connectivity index (χ4v) is 7.06. The van der Waals surface area contributed by atoms with Gasteiger partial charge in [-0.2, -0.15) is 0 Å². The molecule has 0 spiro atoms. The summed E-state index contributed by atoms with van der Waals surface area (Å²) in [6, 6.07) is 4.72. The van der Waals surface area contributed by atoms with Gasteiger partial charge < -0.3 is 10.2 Å². The van der Waals surface area contributed by atoms with E-state index in [0.717, 1.165) is 62.9 Å². The number of rotatable bonds is 4. The second kappa shape index (κ2) is 7.48. The Morgan fingerprint density at radius 1 is 1.10 bits per heavy atom. The van der Waals surface area contributed by atoms with E-state index >= 15 is 0 Å². The van der Waals surface area contributed by atoms with E-state index in [4.69, 9.17) is 12.2 Å². The normalized spacial score (nSPS) is 31.6. The molecule has 6 rings (SSSR count). The van der Waals surface area contributed by atoms with Gasteiger partial charge in [-0.25, -0.2) is 0 Å². The first-order chi connectivity index (χ1) is 14.4. The highest BCUT2D eigenvalue weighted by atomic mass is 32.1. The lowest BCUT2D eigenvalue weighted by molar-refractivity contribution is -0.384. The van der Waals surface area contributed by atoms with Crippen LogP contribution in [0, 0.1) is 27.9 Å². The van der Waals surface area contributed by atoms with Crippen LogP contribution in [0.4, 0.5) is 11.4 Å². The minimum absolute atomic E-state index is 0.0186. The van der Waals surface area contributed by atoms with Gasteiger partial charge in [0.2, 0.25) is 0 Å². The van der Waals surface area contributed by atoms with Crippen molar-refractivity contribution in [1.82, 2.24) is 10.6 Å². The summed E-state index contributed by atoms with van der Waals surface area (Å²) in [5.41, 5.74) is 0.845. The molecule has 160 valence electrons. The van der Waals surface area contributed by atoms with E-state index in [1.807, 2.05) is 4.90 Å². The smallest absolute Gasteiger partial charge is 0.293 e. The van der Waals surface area contributed by atoms with Crippen molar-refractivity contribution in [3.05, 3.63) is 33.9 Å². The number of nitro benzene ring substituents is 1. The van der Waals surface area contributed by atoms with Crippen LogP contribution in [0.15, 0.2) is 18.2 Å². The van der Waals surface area contributed by atoms with Gasteiger partial charge in [-0.3, -0.25) is 20.2 Å². The predicted molar refractivity (Wildman–Crippen MR) is 119 cm³/mol. The second-order valence-electron chi connectivity index (χ2n) is 9.76. The van der Waals surface area contributed by atoms with Crippen LogP contribution in [0.1, 0.15) is 61.7 Å². The van der Waals surface area contributed by atoms with E-state index in [1.54, 1.807) is 12.1 Å². The molecule has 5 aliphatic rings. The van der Waals surface area contributed by atoms with Gasteiger partial charge in [0.1, 0.15) is 5.69 Å². The molecule has 8 heteroatoms. The van der Waals surface area contributed by atoms with Crippen molar-refractivity contribution in [1.29, 1.82) is 0 Å². The van der Waals surface area contributed by atoms with Crippen LogP contribution >= 0.6 is 12.2 Å². The van der Waals surface area contributed by atoms with E-state index in [0.29, 0.717) is 10.8 Å². The van der Waals surface area contributed by atoms with Crippen molar-refractivity contribution in [2.45, 2.75) is 56.9 Å². The van der Waals surface area contributed by atoms with Crippen LogP contribution in [-0.2, 0) is 0 Å². The topological polar surface area (TPSA) is 87.5 Å². The molecule has 1 heterocycles. The van der Waals surface area contributed by atoms with E-state index in [1.165, 1.54) is 25.3 Å². The van der Waals surface area contributed by atoms with Crippen molar-refractivity contribution in [3.63, 3.8) is 0 Å². The zero-order valence-electron chi connectivity index (χ0n) is 17.1. The van der Waals surface area contributed by atoms with Gasteiger partial charge in [0.15, 0.2) is 5.11 Å². The molecule has 30 heavy (non-hydrogen) atoms. The minimum atomic E-state index is -0.406. The van der Waals surface area contributed by atoms with Crippen molar-refractivity contribution in [2.75, 3.05) is 18.0 Å². The molecule has 1 amide bonds. The average molecular weight is 429 g/mol. The molecule has 0 atom stereocenters. The maximum atomic E-state index is 12.8. The average Bonchev–Trinajstić information content (AvgIpc) is 3.20. The third kappa shape index (κ3) is 3.66. The van der Waals surface area contributed by atoms with Crippen LogP contribution in [0.5, 0.6) is 0 Å². The maximum Gasteiger partial charge on any atom is 0.293 e. The molecular weight excluding hydrogens is 400 g/mol. The zero-order chi connectivity index (χ0) is 20.9. The van der Waals surface area contributed by atoms with Gasteiger partial charge in [-0.15, -0.1) is 0 Å². The van der Waals surface area contributed by atoms with Crippen molar-refractivity contribution >= 4 is 34.6 Å². The first kappa shape index (κ1) is 19.7. The molecule has 2 N–H and O–H groups in total. The van der Waals surface area contributed by atoms with Crippen LogP contribution in [0.2, 0.25) is 0 Å². The highest BCUT2D eigenvalue weighted by Gasteiger charge is 2.51. The molecule has 1 saturated heterocycles. The maximum absolute atomic E-state index is 12.8. The molecule has 4 aliphatic carbocycles. The number of nitro groups is 1. The number of hydrogen-bond acceptors (Lipinski definition) is 5. The zero-order valence-corrected chi connectivity index (χ0v) is 17.9. The fraction of sp³-hybridized carbons (Fsp3) is 0.636. The van der Waals surface area contributed by atoms with Gasteiger partial charge in [-0.1, -0.05) is 0 Å². The van der Waals surface area contributed by atoms with Crippen molar-refractivity contribution in [2.24, 2.45) is 17.8 Å². The molecular formula is C22H28N4O3S. The SMILES string of the molecule is O=C(NC(=S)NC12CC3CC(CC(C3)C1)C2)c1ccc(N2CCCC2)c([N+](=O)[O-])c1. The standard InChI is InChI=1S/C22H28N4O3S/c27-20(17-3-4-18(19(10-17)26(28)29)25-5-1-2-6-25)23-21(30)24-22-11-14-7-15(12-22)9-16(8-14)13-22/h3-4,10,14-16H,1-2,5-9,11-13H2,(H2,23,24,27,30). The summed E-state index contributed by atoms with van der Waals surface area (Å²) < 4.78 is 0. The molecule has 0 unspecified atom stereocenters. The number of hydrogen-bond donors (Lipinski definition) is 2. The molecule has 1 aromatic rings. The van der Waals surface area contributed by atoms with E-state index < -0.39 is 10.8 Å². The quantitative estimate of drug-likeness (QED) is 0.431. The van der Waals surface area contributed by atoms with Crippen LogP contribution in [0.25, 0.3) is 0 Å². The Kier molecular flexibility index (Phi) is 4.92. The summed E-state index contributed by atoms with van der Waals surface area (Å²) in [6.07, 6.45) is 9.47. The lowest BCUT2D eigenvalue weighted by atomic mass is 9.53. The molecule has 0 aromatic heterocycles. The minimum Gasteiger partial charge on any atom is -0.366 e. The largest absolute Gasteiger partial charge is 0.366 e. The third-order valence-corrected chi connectivity index (χ3v) is 7.73. The number of carbonyl (C=O) groups is 1. The number of amides is 1. The summed E-state index contributed by atoms with van der Waals surface area (Å²) in [5.74, 6) is 1.95. The first-order valence-corrected chi connectivity index (χ1v) is 11.5. The summed E-state index contributed by atoms with van der Waals surface area (Å²) in [4.78, 5) is 26.0. The number of benzene rings is 1. The number of thiocarbonyl (C=S) groups is 1. The summed E-state index contributed by atoms with van der Waals surface area (Å²) in [5, 5.41) is 18.2. The Bertz CT molecular complexity index is 861. The summed E-state index contributed by atoms with van der Waals surface area (Å²) >= 11 is 5.48. The van der Waals surface area contributed by atoms with Crippen molar-refractivity contribution in [3.8, 4) is 0 Å². The first-order valence-electron chi connectivity index (χ1n) is 11.1. The Labute approximate surface area is 181 Å². The third-order valence-electron chi connectivity index (χ3n) is 7.53. The van der Waals surface area contributed by atoms with Gasteiger partial charge in [0.05, 0.1) is 4.92 Å². The van der Waals surface area contributed by atoms with Gasteiger partial charge in [-0.05, 0) is 93.5 Å². The number of nitrogens with zero attached hydrogens (tertiary/aromatic N) is 2. The van der Waals surface area contributed by atoms with E-state index in [2.05, 4.69) is 10.6 Å². The second-order valence-corrected chi connectivity index (χ2v) is 10.2. The molecule has 7 nitrogen and oxygen atoms in total. The number of nitrogens with one attached hydrogen (secondary N) is 2. The van der Waals surface area contributed by atoms with Crippen LogP contribution in [0.3, 0.4) is 0 Å². The Balaban J connectivity index is 1.27. The molecule has 4 bridgehead atoms. The van der Waals surface area contributed by atoms with Gasteiger partial charge in [0.25, 0.3) is 11.6 Å². The number of carbonyl (C=O) groups excluding carboxylic acids is 1. The Morgan fingerprint density at radius 2 is 1.70 bits per heavy atom. The summed E-state index contributed by atoms with van der Waals surface area (Å²) in [6.45, 7) is 1.62. The Morgan fingerprint density at radius 3 is 2.27 bits per heavy atom. The lowest BCUT2D eigenvalue weighted by Crippen LogP contribution is -2.61. The molecule has 0 radical (unpaired) electrons. The Hall–Kier alpha value is -2.22. The highest BCUT2D eigenvalue weighted by molar-refractivity contribution is 7.80. The fourth-order valence-electron chi connectivity index (χ4n) is 6.75. The van der Waals surface area contributed by atoms with E-state index in [-0.39, 0.29) is 16.8 Å².